The number of nitrogens with zero attached hydrogens (tertiary/aromatic N) is 3. The monoisotopic (exact) mass is 370 g/mol. The van der Waals surface area contributed by atoms with Gasteiger partial charge < -0.3 is 9.88 Å². The van der Waals surface area contributed by atoms with Crippen LogP contribution in [0.15, 0.2) is 36.7 Å². The van der Waals surface area contributed by atoms with Crippen LogP contribution >= 0.6 is 0 Å². The van der Waals surface area contributed by atoms with Gasteiger partial charge in [0.25, 0.3) is 0 Å². The molecular weight excluding hydrogens is 343 g/mol. The Hall–Kier alpha value is -2.21. The Labute approximate surface area is 159 Å². The molecule has 0 unspecified atom stereocenters. The first kappa shape index (κ1) is 18.2. The molecule has 2 fully saturated rings. The second-order valence-electron chi connectivity index (χ2n) is 7.56. The van der Waals surface area contributed by atoms with Crippen molar-refractivity contribution in [1.82, 2.24) is 19.8 Å². The zero-order valence-electron chi connectivity index (χ0n) is 15.8. The van der Waals surface area contributed by atoms with Gasteiger partial charge in [-0.3, -0.25) is 9.69 Å². The summed E-state index contributed by atoms with van der Waals surface area (Å²) in [5.74, 6) is 0.939. The number of amides is 1. The average molecular weight is 370 g/mol. The number of aryl methyl sites for hydroxylation is 1. The van der Waals surface area contributed by atoms with E-state index in [2.05, 4.69) is 26.7 Å². The summed E-state index contributed by atoms with van der Waals surface area (Å²) >= 11 is 0. The summed E-state index contributed by atoms with van der Waals surface area (Å²) in [7, 11) is 0. The van der Waals surface area contributed by atoms with E-state index in [9.17, 15) is 9.18 Å². The lowest BCUT2D eigenvalue weighted by molar-refractivity contribution is -0.122. The Morgan fingerprint density at radius 3 is 2.96 bits per heavy atom. The molecule has 5 nitrogen and oxygen atoms in total. The fourth-order valence-electron chi connectivity index (χ4n) is 4.66. The number of likely N-dealkylation sites (tertiary alicyclic amines) is 1. The number of nitrogens with one attached hydrogen (secondary N) is 1. The highest BCUT2D eigenvalue weighted by Gasteiger charge is 2.43. The Balaban J connectivity index is 1.69. The summed E-state index contributed by atoms with van der Waals surface area (Å²) in [5, 5.41) is 3.21. The Bertz CT molecular complexity index is 805. The zero-order chi connectivity index (χ0) is 18.8. The van der Waals surface area contributed by atoms with Crippen LogP contribution in [0.2, 0.25) is 0 Å². The lowest BCUT2D eigenvalue weighted by Crippen LogP contribution is -2.46. The molecule has 1 aromatic carbocycles. The predicted molar refractivity (Wildman–Crippen MR) is 101 cm³/mol. The first-order valence-electron chi connectivity index (χ1n) is 9.97. The molecule has 2 aliphatic heterocycles. The van der Waals surface area contributed by atoms with Gasteiger partial charge >= 0.3 is 0 Å². The predicted octanol–water partition coefficient (Wildman–Crippen LogP) is 3.42. The molecule has 3 heterocycles. The number of fused-ring (bicyclic) bond motifs is 1. The van der Waals surface area contributed by atoms with Crippen molar-refractivity contribution in [2.45, 2.75) is 70.2 Å². The van der Waals surface area contributed by atoms with E-state index in [1.54, 1.807) is 6.07 Å². The minimum absolute atomic E-state index is 0.0541. The van der Waals surface area contributed by atoms with Gasteiger partial charge in [0.05, 0.1) is 6.54 Å². The van der Waals surface area contributed by atoms with Crippen LogP contribution in [-0.4, -0.2) is 32.4 Å². The van der Waals surface area contributed by atoms with Gasteiger partial charge in [0.2, 0.25) is 5.91 Å². The molecule has 1 amide bonds. The van der Waals surface area contributed by atoms with Gasteiger partial charge in [-0.2, -0.15) is 0 Å². The van der Waals surface area contributed by atoms with Crippen molar-refractivity contribution in [3.8, 4) is 0 Å². The molecule has 0 radical (unpaired) electrons. The van der Waals surface area contributed by atoms with Crippen LogP contribution < -0.4 is 5.32 Å². The molecular formula is C21H27FN4O. The van der Waals surface area contributed by atoms with Crippen LogP contribution in [0.5, 0.6) is 0 Å². The summed E-state index contributed by atoms with van der Waals surface area (Å²) in [5.41, 5.74) is 0.716. The van der Waals surface area contributed by atoms with Crippen LogP contribution in [0.1, 0.15) is 56.5 Å². The number of benzene rings is 1. The first-order chi connectivity index (χ1) is 13.2. The SMILES string of the molecule is CCn1ccnc1CN1[C@H](c2ccccc2F)C[C@H]2NC(=O)CCCC[C@@H]21. The number of hydrogen-bond donors (Lipinski definition) is 1. The molecule has 0 bridgehead atoms. The van der Waals surface area contributed by atoms with E-state index in [4.69, 9.17) is 0 Å². The van der Waals surface area contributed by atoms with Crippen molar-refractivity contribution in [2.24, 2.45) is 0 Å². The molecule has 1 aromatic heterocycles. The van der Waals surface area contributed by atoms with Crippen LogP contribution in [0.3, 0.4) is 0 Å². The van der Waals surface area contributed by atoms with E-state index in [0.717, 1.165) is 38.1 Å². The van der Waals surface area contributed by atoms with E-state index >= 15 is 0 Å². The number of carbonyl (C=O) groups is 1. The summed E-state index contributed by atoms with van der Waals surface area (Å²) < 4.78 is 16.8. The molecule has 1 N–H and O–H groups in total. The second-order valence-corrected chi connectivity index (χ2v) is 7.56. The average Bonchev–Trinajstić information content (AvgIpc) is 3.22. The van der Waals surface area contributed by atoms with Gasteiger partial charge in [0, 0.05) is 49.0 Å². The number of carbonyl (C=O) groups excluding carboxylic acids is 1. The molecule has 0 aliphatic carbocycles. The van der Waals surface area contributed by atoms with Crippen molar-refractivity contribution in [1.29, 1.82) is 0 Å². The number of imidazole rings is 1. The van der Waals surface area contributed by atoms with Gasteiger partial charge in [-0.15, -0.1) is 0 Å². The maximum Gasteiger partial charge on any atom is 0.220 e. The molecule has 0 saturated carbocycles. The Morgan fingerprint density at radius 1 is 1.30 bits per heavy atom. The number of aromatic nitrogens is 2. The van der Waals surface area contributed by atoms with Crippen molar-refractivity contribution < 1.29 is 9.18 Å². The topological polar surface area (TPSA) is 50.2 Å². The molecule has 4 rings (SSSR count). The lowest BCUT2D eigenvalue weighted by atomic mass is 9.97. The van der Waals surface area contributed by atoms with E-state index < -0.39 is 0 Å². The molecule has 2 aromatic rings. The van der Waals surface area contributed by atoms with E-state index in [1.165, 1.54) is 6.07 Å². The fraction of sp³-hybridized carbons (Fsp3) is 0.524. The second kappa shape index (κ2) is 7.80. The van der Waals surface area contributed by atoms with Crippen molar-refractivity contribution >= 4 is 5.91 Å². The van der Waals surface area contributed by atoms with E-state index in [-0.39, 0.29) is 29.8 Å². The summed E-state index contributed by atoms with van der Waals surface area (Å²) in [6.07, 6.45) is 8.10. The van der Waals surface area contributed by atoms with Gasteiger partial charge in [-0.25, -0.2) is 9.37 Å². The maximum atomic E-state index is 14.6. The van der Waals surface area contributed by atoms with Gasteiger partial charge in [0.15, 0.2) is 0 Å². The molecule has 144 valence electrons. The number of rotatable bonds is 4. The van der Waals surface area contributed by atoms with Gasteiger partial charge in [-0.05, 0) is 32.3 Å². The highest BCUT2D eigenvalue weighted by molar-refractivity contribution is 5.76. The highest BCUT2D eigenvalue weighted by Crippen LogP contribution is 2.40. The summed E-state index contributed by atoms with van der Waals surface area (Å²) in [6.45, 7) is 3.62. The number of halogens is 1. The molecule has 3 atom stereocenters. The Morgan fingerprint density at radius 2 is 2.15 bits per heavy atom. The van der Waals surface area contributed by atoms with E-state index in [1.807, 2.05) is 24.5 Å². The summed E-state index contributed by atoms with van der Waals surface area (Å²) in [6, 6.07) is 7.24. The van der Waals surface area contributed by atoms with Crippen molar-refractivity contribution in [3.05, 3.63) is 53.9 Å². The van der Waals surface area contributed by atoms with Gasteiger partial charge in [-0.1, -0.05) is 24.6 Å². The van der Waals surface area contributed by atoms with E-state index in [0.29, 0.717) is 18.5 Å². The first-order valence-corrected chi connectivity index (χ1v) is 9.97. The third-order valence-electron chi connectivity index (χ3n) is 6.00. The lowest BCUT2D eigenvalue weighted by Gasteiger charge is -2.32. The van der Waals surface area contributed by atoms with Crippen LogP contribution in [-0.2, 0) is 17.9 Å². The zero-order valence-corrected chi connectivity index (χ0v) is 15.8. The van der Waals surface area contributed by atoms with Crippen LogP contribution in [0.25, 0.3) is 0 Å². The van der Waals surface area contributed by atoms with Crippen LogP contribution in [0, 0.1) is 5.82 Å². The Kier molecular flexibility index (Phi) is 5.25. The molecule has 27 heavy (non-hydrogen) atoms. The molecule has 6 heteroatoms. The highest BCUT2D eigenvalue weighted by atomic mass is 19.1. The summed E-state index contributed by atoms with van der Waals surface area (Å²) in [4.78, 5) is 19.1. The van der Waals surface area contributed by atoms with Crippen LogP contribution in [0.4, 0.5) is 4.39 Å². The quantitative estimate of drug-likeness (QED) is 0.897. The molecule has 0 spiro atoms. The van der Waals surface area contributed by atoms with Gasteiger partial charge in [0.1, 0.15) is 11.6 Å². The minimum Gasteiger partial charge on any atom is -0.352 e. The normalized spacial score (nSPS) is 26.3. The minimum atomic E-state index is -0.174. The molecule has 2 aliphatic rings. The third-order valence-corrected chi connectivity index (χ3v) is 6.00. The third kappa shape index (κ3) is 3.63. The fourth-order valence-corrected chi connectivity index (χ4v) is 4.66. The smallest absolute Gasteiger partial charge is 0.220 e. The van der Waals surface area contributed by atoms with Crippen molar-refractivity contribution in [3.63, 3.8) is 0 Å². The molecule has 2 saturated heterocycles. The van der Waals surface area contributed by atoms with Crippen molar-refractivity contribution in [2.75, 3.05) is 0 Å². The maximum absolute atomic E-state index is 14.6. The number of hydrogen-bond acceptors (Lipinski definition) is 3. The largest absolute Gasteiger partial charge is 0.352 e. The standard InChI is InChI=1S/C21H27FN4O/c1-2-25-12-11-23-20(25)14-26-18-9-5-6-10-21(27)24-17(18)13-19(26)15-7-3-4-8-16(15)22/h3-4,7-8,11-12,17-19H,2,5-6,9-10,13-14H2,1H3,(H,24,27)/t17-,18+,19+/m1/s1.